The molecule has 2 amide bonds. The molecule has 0 aliphatic carbocycles. The number of ether oxygens (including phenoxy) is 4. The van der Waals surface area contributed by atoms with Crippen LogP contribution in [0.5, 0.6) is 23.0 Å². The lowest BCUT2D eigenvalue weighted by Crippen LogP contribution is -2.48. The summed E-state index contributed by atoms with van der Waals surface area (Å²) in [6, 6.07) is 9.18. The number of terminal acetylenes is 1. The topological polar surface area (TPSA) is 107 Å². The molecule has 2 N–H and O–H groups in total. The molecule has 1 atom stereocenters. The van der Waals surface area contributed by atoms with Gasteiger partial charge in [-0.05, 0) is 47.9 Å². The summed E-state index contributed by atoms with van der Waals surface area (Å²) in [5.74, 6) is 3.41. The van der Waals surface area contributed by atoms with Crippen LogP contribution in [0.15, 0.2) is 41.5 Å². The van der Waals surface area contributed by atoms with Crippen LogP contribution >= 0.6 is 0 Å². The Labute approximate surface area is 192 Å². The van der Waals surface area contributed by atoms with Gasteiger partial charge in [0.2, 0.25) is 6.79 Å². The first-order valence-electron chi connectivity index (χ1n) is 10.2. The van der Waals surface area contributed by atoms with Gasteiger partial charge in [0.1, 0.15) is 12.6 Å². The Hall–Kier alpha value is -4.19. The number of hydrogen-bond acceptors (Lipinski definition) is 7. The number of benzene rings is 2. The van der Waals surface area contributed by atoms with Crippen LogP contribution in [0.4, 0.5) is 0 Å². The number of amides is 2. The summed E-state index contributed by atoms with van der Waals surface area (Å²) in [5.41, 5.74) is 3.50. The highest BCUT2D eigenvalue weighted by atomic mass is 16.7. The Morgan fingerprint density at radius 1 is 1.18 bits per heavy atom. The molecule has 0 aromatic heterocycles. The van der Waals surface area contributed by atoms with Crippen LogP contribution in [0.25, 0.3) is 0 Å². The third-order valence-corrected chi connectivity index (χ3v) is 4.76. The zero-order valence-corrected chi connectivity index (χ0v) is 18.6. The maximum Gasteiger partial charge on any atom is 0.262 e. The Morgan fingerprint density at radius 2 is 1.97 bits per heavy atom. The van der Waals surface area contributed by atoms with Gasteiger partial charge in [0, 0.05) is 5.56 Å². The number of nitrogens with one attached hydrogen (secondary N) is 2. The minimum absolute atomic E-state index is 0.113. The molecule has 1 heterocycles. The Bertz CT molecular complexity index is 1090. The number of carbonyl (C=O) groups is 2. The average Bonchev–Trinajstić information content (AvgIpc) is 3.29. The Kier molecular flexibility index (Phi) is 7.76. The zero-order valence-electron chi connectivity index (χ0n) is 18.6. The highest BCUT2D eigenvalue weighted by Crippen LogP contribution is 2.32. The summed E-state index contributed by atoms with van der Waals surface area (Å²) in [5, 5.41) is 6.74. The molecule has 0 fully saturated rings. The van der Waals surface area contributed by atoms with Crippen molar-refractivity contribution < 1.29 is 28.5 Å². The molecule has 9 nitrogen and oxygen atoms in total. The molecule has 0 bridgehead atoms. The minimum Gasteiger partial charge on any atom is -0.493 e. The molecule has 172 valence electrons. The molecule has 0 spiro atoms. The molecule has 9 heteroatoms. The number of nitrogens with zero attached hydrogens (tertiary/aromatic N) is 1. The largest absolute Gasteiger partial charge is 0.493 e. The van der Waals surface area contributed by atoms with E-state index in [1.54, 1.807) is 36.4 Å². The molecular formula is C24H25N3O6. The van der Waals surface area contributed by atoms with Crippen molar-refractivity contribution in [3.63, 3.8) is 0 Å². The van der Waals surface area contributed by atoms with E-state index in [0.717, 1.165) is 0 Å². The van der Waals surface area contributed by atoms with Crippen LogP contribution < -0.4 is 29.7 Å². The predicted molar refractivity (Wildman–Crippen MR) is 122 cm³/mol. The van der Waals surface area contributed by atoms with Gasteiger partial charge in [-0.2, -0.15) is 5.10 Å². The molecule has 0 saturated heterocycles. The van der Waals surface area contributed by atoms with Crippen LogP contribution in [0.2, 0.25) is 0 Å². The van der Waals surface area contributed by atoms with Gasteiger partial charge >= 0.3 is 0 Å². The number of hydrazone groups is 1. The summed E-state index contributed by atoms with van der Waals surface area (Å²) in [7, 11) is 1.51. The fraction of sp³-hybridized carbons (Fsp3) is 0.292. The first kappa shape index (κ1) is 23.5. The lowest BCUT2D eigenvalue weighted by atomic mass is 10.0. The number of hydrogen-bond donors (Lipinski definition) is 2. The van der Waals surface area contributed by atoms with Crippen LogP contribution in [-0.2, 0) is 4.79 Å². The first-order valence-corrected chi connectivity index (χ1v) is 10.2. The maximum absolute atomic E-state index is 12.7. The third-order valence-electron chi connectivity index (χ3n) is 4.76. The number of rotatable bonds is 9. The van der Waals surface area contributed by atoms with Gasteiger partial charge < -0.3 is 24.3 Å². The van der Waals surface area contributed by atoms with E-state index >= 15 is 0 Å². The van der Waals surface area contributed by atoms with Crippen LogP contribution in [0.3, 0.4) is 0 Å². The SMILES string of the molecule is C#CCOc1ccc(C=NNC(=O)C(NC(=O)c2ccc3c(c2)OCO3)C(C)C)cc1OC. The second kappa shape index (κ2) is 10.9. The smallest absolute Gasteiger partial charge is 0.262 e. The van der Waals surface area contributed by atoms with Crippen LogP contribution in [0, 0.1) is 18.3 Å². The van der Waals surface area contributed by atoms with E-state index in [0.29, 0.717) is 34.1 Å². The van der Waals surface area contributed by atoms with E-state index < -0.39 is 17.9 Å². The van der Waals surface area contributed by atoms with Crippen molar-refractivity contribution in [2.75, 3.05) is 20.5 Å². The molecule has 0 saturated carbocycles. The van der Waals surface area contributed by atoms with Gasteiger partial charge in [0.15, 0.2) is 23.0 Å². The molecule has 1 unspecified atom stereocenters. The molecule has 33 heavy (non-hydrogen) atoms. The molecule has 3 rings (SSSR count). The van der Waals surface area contributed by atoms with Crippen molar-refractivity contribution in [2.45, 2.75) is 19.9 Å². The Morgan fingerprint density at radius 3 is 2.70 bits per heavy atom. The lowest BCUT2D eigenvalue weighted by Gasteiger charge is -2.20. The summed E-state index contributed by atoms with van der Waals surface area (Å²) < 4.78 is 21.2. The Balaban J connectivity index is 1.63. The van der Waals surface area contributed by atoms with Crippen molar-refractivity contribution in [1.82, 2.24) is 10.7 Å². The van der Waals surface area contributed by atoms with E-state index in [2.05, 4.69) is 21.8 Å². The fourth-order valence-electron chi connectivity index (χ4n) is 3.04. The van der Waals surface area contributed by atoms with Gasteiger partial charge in [-0.1, -0.05) is 19.8 Å². The molecule has 0 radical (unpaired) electrons. The number of carbonyl (C=O) groups excluding carboxylic acids is 2. The monoisotopic (exact) mass is 451 g/mol. The zero-order chi connectivity index (χ0) is 23.8. The highest BCUT2D eigenvalue weighted by Gasteiger charge is 2.25. The van der Waals surface area contributed by atoms with E-state index in [1.165, 1.54) is 13.3 Å². The summed E-state index contributed by atoms with van der Waals surface area (Å²) in [6.45, 7) is 3.89. The van der Waals surface area contributed by atoms with E-state index in [1.807, 2.05) is 13.8 Å². The van der Waals surface area contributed by atoms with Crippen molar-refractivity contribution in [3.8, 4) is 35.3 Å². The molecule has 1 aliphatic heterocycles. The standard InChI is InChI=1S/C24H25N3O6/c1-5-10-31-18-8-6-16(11-20(18)30-4)13-25-27-24(29)22(15(2)3)26-23(28)17-7-9-19-21(12-17)33-14-32-19/h1,6-9,11-13,15,22H,10,14H2,2-4H3,(H,26,28)(H,27,29). The van der Waals surface area contributed by atoms with Crippen LogP contribution in [0.1, 0.15) is 29.8 Å². The van der Waals surface area contributed by atoms with Gasteiger partial charge in [-0.3, -0.25) is 9.59 Å². The average molecular weight is 451 g/mol. The predicted octanol–water partition coefficient (Wildman–Crippen LogP) is 2.34. The van der Waals surface area contributed by atoms with Crippen molar-refractivity contribution in [3.05, 3.63) is 47.5 Å². The second-order valence-corrected chi connectivity index (χ2v) is 7.40. The van der Waals surface area contributed by atoms with Gasteiger partial charge in [-0.25, -0.2) is 5.43 Å². The van der Waals surface area contributed by atoms with Crippen molar-refractivity contribution >= 4 is 18.0 Å². The number of methoxy groups -OCH3 is 1. The van der Waals surface area contributed by atoms with Crippen LogP contribution in [-0.4, -0.2) is 44.6 Å². The maximum atomic E-state index is 12.7. The molecule has 2 aromatic rings. The minimum atomic E-state index is -0.797. The molecule has 2 aromatic carbocycles. The fourth-order valence-corrected chi connectivity index (χ4v) is 3.04. The van der Waals surface area contributed by atoms with E-state index in [9.17, 15) is 9.59 Å². The first-order chi connectivity index (χ1) is 15.9. The van der Waals surface area contributed by atoms with Crippen molar-refractivity contribution in [2.24, 2.45) is 11.0 Å². The quantitative estimate of drug-likeness (QED) is 0.344. The van der Waals surface area contributed by atoms with Gasteiger partial charge in [0.05, 0.1) is 13.3 Å². The number of fused-ring (bicyclic) bond motifs is 1. The van der Waals surface area contributed by atoms with E-state index in [-0.39, 0.29) is 19.3 Å². The van der Waals surface area contributed by atoms with Crippen molar-refractivity contribution in [1.29, 1.82) is 0 Å². The van der Waals surface area contributed by atoms with Gasteiger partial charge in [0.25, 0.3) is 11.8 Å². The molecular weight excluding hydrogens is 426 g/mol. The normalized spacial score (nSPS) is 12.8. The van der Waals surface area contributed by atoms with Gasteiger partial charge in [-0.15, -0.1) is 6.42 Å². The summed E-state index contributed by atoms with van der Waals surface area (Å²) in [6.07, 6.45) is 6.67. The second-order valence-electron chi connectivity index (χ2n) is 7.40. The van der Waals surface area contributed by atoms with E-state index in [4.69, 9.17) is 25.4 Å². The summed E-state index contributed by atoms with van der Waals surface area (Å²) >= 11 is 0. The lowest BCUT2D eigenvalue weighted by molar-refractivity contribution is -0.123. The summed E-state index contributed by atoms with van der Waals surface area (Å²) in [4.78, 5) is 25.3. The third kappa shape index (κ3) is 5.95. The highest BCUT2D eigenvalue weighted by molar-refractivity contribution is 5.98. The molecule has 1 aliphatic rings.